The number of rotatable bonds is 4. The van der Waals surface area contributed by atoms with Gasteiger partial charge in [-0.25, -0.2) is 9.18 Å². The molecular formula is C19H22FN3O3. The number of likely N-dealkylation sites (tertiary alicyclic amines) is 1. The summed E-state index contributed by atoms with van der Waals surface area (Å²) in [6, 6.07) is 8.05. The molecular weight excluding hydrogens is 337 g/mol. The number of aryl methyl sites for hydroxylation is 1. The number of benzene rings is 1. The van der Waals surface area contributed by atoms with E-state index in [1.54, 1.807) is 37.1 Å². The molecule has 0 spiro atoms. The summed E-state index contributed by atoms with van der Waals surface area (Å²) < 4.78 is 18.7. The first-order valence-corrected chi connectivity index (χ1v) is 8.60. The van der Waals surface area contributed by atoms with E-state index < -0.39 is 5.69 Å². The van der Waals surface area contributed by atoms with Gasteiger partial charge in [0.15, 0.2) is 0 Å². The van der Waals surface area contributed by atoms with Gasteiger partial charge in [0.1, 0.15) is 11.5 Å². The Kier molecular flexibility index (Phi) is 5.46. The van der Waals surface area contributed by atoms with Crippen LogP contribution in [0.2, 0.25) is 0 Å². The second kappa shape index (κ2) is 7.78. The highest BCUT2D eigenvalue weighted by Crippen LogP contribution is 2.25. The van der Waals surface area contributed by atoms with E-state index in [4.69, 9.17) is 4.74 Å². The highest BCUT2D eigenvalue weighted by Gasteiger charge is 2.32. The first kappa shape index (κ1) is 18.3. The number of carbonyl (C=O) groups is 1. The standard InChI is InChI=1S/C19H22FN3O3/c1-12-9-16(22-19(25)21-12)18(24)23-8-7-14(17(11-23)26-2)10-13-3-5-15(20)6-4-13/h3-6,9,14,17H,7-8,10-11H2,1-2H3,(H,21,22,25)/t14-,17+/m1/s1. The Morgan fingerprint density at radius 1 is 1.38 bits per heavy atom. The van der Waals surface area contributed by atoms with Gasteiger partial charge in [-0.05, 0) is 49.4 Å². The normalized spacial score (nSPS) is 20.2. The molecule has 1 aromatic carbocycles. The fraction of sp³-hybridized carbons (Fsp3) is 0.421. The van der Waals surface area contributed by atoms with E-state index >= 15 is 0 Å². The molecule has 2 heterocycles. The molecule has 0 bridgehead atoms. The quantitative estimate of drug-likeness (QED) is 0.905. The summed E-state index contributed by atoms with van der Waals surface area (Å²) in [6.07, 6.45) is 1.41. The van der Waals surface area contributed by atoms with Gasteiger partial charge < -0.3 is 14.6 Å². The Balaban J connectivity index is 1.69. The van der Waals surface area contributed by atoms with Crippen LogP contribution in [0.1, 0.15) is 28.2 Å². The Bertz CT molecular complexity index is 835. The van der Waals surface area contributed by atoms with Gasteiger partial charge >= 0.3 is 5.69 Å². The zero-order valence-electron chi connectivity index (χ0n) is 14.9. The van der Waals surface area contributed by atoms with Gasteiger partial charge in [0.05, 0.1) is 6.10 Å². The summed E-state index contributed by atoms with van der Waals surface area (Å²) in [5.74, 6) is -0.275. The first-order chi connectivity index (χ1) is 12.5. The van der Waals surface area contributed by atoms with Crippen molar-refractivity contribution < 1.29 is 13.9 Å². The summed E-state index contributed by atoms with van der Waals surface area (Å²) >= 11 is 0. The van der Waals surface area contributed by atoms with Crippen molar-refractivity contribution in [2.75, 3.05) is 20.2 Å². The number of nitrogens with zero attached hydrogens (tertiary/aromatic N) is 2. The maximum atomic E-state index is 13.1. The van der Waals surface area contributed by atoms with E-state index in [1.807, 2.05) is 0 Å². The molecule has 1 aliphatic heterocycles. The van der Waals surface area contributed by atoms with Crippen LogP contribution in [-0.2, 0) is 11.2 Å². The number of hydrogen-bond acceptors (Lipinski definition) is 4. The Morgan fingerprint density at radius 3 is 2.77 bits per heavy atom. The van der Waals surface area contributed by atoms with E-state index in [0.29, 0.717) is 18.8 Å². The molecule has 26 heavy (non-hydrogen) atoms. The van der Waals surface area contributed by atoms with Crippen molar-refractivity contribution in [2.45, 2.75) is 25.9 Å². The number of amides is 1. The van der Waals surface area contributed by atoms with Crippen LogP contribution in [0.15, 0.2) is 35.1 Å². The zero-order chi connectivity index (χ0) is 18.7. The number of nitrogens with one attached hydrogen (secondary N) is 1. The van der Waals surface area contributed by atoms with Gasteiger partial charge in [-0.3, -0.25) is 4.79 Å². The van der Waals surface area contributed by atoms with Gasteiger partial charge in [-0.1, -0.05) is 12.1 Å². The van der Waals surface area contributed by atoms with Crippen molar-refractivity contribution in [1.29, 1.82) is 0 Å². The molecule has 138 valence electrons. The maximum Gasteiger partial charge on any atom is 0.345 e. The minimum absolute atomic E-state index is 0.124. The second-order valence-electron chi connectivity index (χ2n) is 6.66. The lowest BCUT2D eigenvalue weighted by Crippen LogP contribution is -2.48. The number of halogens is 1. The number of methoxy groups -OCH3 is 1. The lowest BCUT2D eigenvalue weighted by Gasteiger charge is -2.37. The Morgan fingerprint density at radius 2 is 2.12 bits per heavy atom. The third-order valence-electron chi connectivity index (χ3n) is 4.80. The number of H-pyrrole nitrogens is 1. The van der Waals surface area contributed by atoms with Crippen molar-refractivity contribution in [3.05, 3.63) is 63.6 Å². The van der Waals surface area contributed by atoms with Gasteiger partial charge in [0.25, 0.3) is 5.91 Å². The summed E-state index contributed by atoms with van der Waals surface area (Å²) in [4.78, 5) is 32.2. The summed E-state index contributed by atoms with van der Waals surface area (Å²) in [5.41, 5.74) is 1.27. The molecule has 1 saturated heterocycles. The molecule has 1 N–H and O–H groups in total. The van der Waals surface area contributed by atoms with Crippen LogP contribution < -0.4 is 5.69 Å². The lowest BCUT2D eigenvalue weighted by atomic mass is 9.87. The van der Waals surface area contributed by atoms with Crippen molar-refractivity contribution in [3.8, 4) is 0 Å². The van der Waals surface area contributed by atoms with E-state index in [2.05, 4.69) is 9.97 Å². The van der Waals surface area contributed by atoms with Crippen LogP contribution in [0.25, 0.3) is 0 Å². The molecule has 1 aliphatic rings. The number of aromatic nitrogens is 2. The molecule has 0 saturated carbocycles. The summed E-state index contributed by atoms with van der Waals surface area (Å²) in [5, 5.41) is 0. The smallest absolute Gasteiger partial charge is 0.345 e. The first-order valence-electron chi connectivity index (χ1n) is 8.60. The third-order valence-corrected chi connectivity index (χ3v) is 4.80. The van der Waals surface area contributed by atoms with Crippen LogP contribution in [0.3, 0.4) is 0 Å². The fourth-order valence-corrected chi connectivity index (χ4v) is 3.42. The maximum absolute atomic E-state index is 13.1. The average molecular weight is 359 g/mol. The molecule has 0 radical (unpaired) electrons. The Hall–Kier alpha value is -2.54. The summed E-state index contributed by atoms with van der Waals surface area (Å²) in [7, 11) is 1.63. The van der Waals surface area contributed by atoms with Crippen molar-refractivity contribution >= 4 is 5.91 Å². The zero-order valence-corrected chi connectivity index (χ0v) is 14.9. The van der Waals surface area contributed by atoms with E-state index in [1.165, 1.54) is 12.1 Å². The second-order valence-corrected chi connectivity index (χ2v) is 6.66. The number of aromatic amines is 1. The van der Waals surface area contributed by atoms with E-state index in [9.17, 15) is 14.0 Å². The minimum atomic E-state index is -0.525. The molecule has 0 aliphatic carbocycles. The number of carbonyl (C=O) groups excluding carboxylic acids is 1. The number of piperidine rings is 1. The average Bonchev–Trinajstić information content (AvgIpc) is 2.62. The molecule has 2 aromatic rings. The van der Waals surface area contributed by atoms with Gasteiger partial charge in [-0.2, -0.15) is 4.98 Å². The predicted octanol–water partition coefficient (Wildman–Crippen LogP) is 1.94. The van der Waals surface area contributed by atoms with E-state index in [-0.39, 0.29) is 29.4 Å². The molecule has 7 heteroatoms. The molecule has 1 aromatic heterocycles. The topological polar surface area (TPSA) is 75.3 Å². The molecule has 6 nitrogen and oxygen atoms in total. The van der Waals surface area contributed by atoms with Gasteiger partial charge in [0, 0.05) is 25.9 Å². The van der Waals surface area contributed by atoms with Crippen LogP contribution in [0, 0.1) is 18.7 Å². The van der Waals surface area contributed by atoms with Crippen LogP contribution >= 0.6 is 0 Å². The van der Waals surface area contributed by atoms with Gasteiger partial charge in [0.2, 0.25) is 0 Å². The monoisotopic (exact) mass is 359 g/mol. The molecule has 3 rings (SSSR count). The van der Waals surface area contributed by atoms with Crippen LogP contribution in [0.4, 0.5) is 4.39 Å². The molecule has 2 atom stereocenters. The van der Waals surface area contributed by atoms with E-state index in [0.717, 1.165) is 18.4 Å². The van der Waals surface area contributed by atoms with Crippen molar-refractivity contribution in [2.24, 2.45) is 5.92 Å². The van der Waals surface area contributed by atoms with Crippen LogP contribution in [0.5, 0.6) is 0 Å². The Labute approximate surface area is 151 Å². The third kappa shape index (κ3) is 4.16. The van der Waals surface area contributed by atoms with Crippen LogP contribution in [-0.4, -0.2) is 47.1 Å². The highest BCUT2D eigenvalue weighted by molar-refractivity contribution is 5.92. The fourth-order valence-electron chi connectivity index (χ4n) is 3.42. The molecule has 1 fully saturated rings. The van der Waals surface area contributed by atoms with Crippen molar-refractivity contribution in [3.63, 3.8) is 0 Å². The highest BCUT2D eigenvalue weighted by atomic mass is 19.1. The predicted molar refractivity (Wildman–Crippen MR) is 94.5 cm³/mol. The number of hydrogen-bond donors (Lipinski definition) is 1. The van der Waals surface area contributed by atoms with Gasteiger partial charge in [-0.15, -0.1) is 0 Å². The lowest BCUT2D eigenvalue weighted by molar-refractivity contribution is -0.00718. The SMILES string of the molecule is CO[C@H]1CN(C(=O)c2cc(C)[nH]c(=O)n2)CC[C@@H]1Cc1ccc(F)cc1. The summed E-state index contributed by atoms with van der Waals surface area (Å²) in [6.45, 7) is 2.72. The minimum Gasteiger partial charge on any atom is -0.379 e. The number of ether oxygens (including phenoxy) is 1. The largest absolute Gasteiger partial charge is 0.379 e. The molecule has 0 unspecified atom stereocenters. The van der Waals surface area contributed by atoms with Crippen molar-refractivity contribution in [1.82, 2.24) is 14.9 Å². The molecule has 1 amide bonds.